The standard InChI is InChI=1S/C6H13NO2.C6H9NO2/c1-7-5-2-3-9-4-6(5)8;8-4-6(9)7-3-5-1-2-5/h5-8H,2-4H2,1H3;4-5H,1-3H2,(H,7,9). The number of amides is 1. The number of aliphatic hydroxyl groups excluding tert-OH is 1. The van der Waals surface area contributed by atoms with E-state index in [0.717, 1.165) is 13.0 Å². The Morgan fingerprint density at radius 3 is 2.61 bits per heavy atom. The van der Waals surface area contributed by atoms with Crippen molar-refractivity contribution < 1.29 is 19.4 Å². The lowest BCUT2D eigenvalue weighted by molar-refractivity contribution is -0.131. The van der Waals surface area contributed by atoms with Crippen LogP contribution in [0, 0.1) is 5.92 Å². The van der Waals surface area contributed by atoms with E-state index in [2.05, 4.69) is 10.6 Å². The van der Waals surface area contributed by atoms with Crippen LogP contribution in [-0.4, -0.2) is 56.3 Å². The molecular formula is C12H22N2O4. The molecule has 104 valence electrons. The molecule has 0 aromatic heterocycles. The third-order valence-electron chi connectivity index (χ3n) is 3.07. The fourth-order valence-corrected chi connectivity index (χ4v) is 1.67. The summed E-state index contributed by atoms with van der Waals surface area (Å²) >= 11 is 0. The normalized spacial score (nSPS) is 26.8. The Kier molecular flexibility index (Phi) is 6.85. The lowest BCUT2D eigenvalue weighted by Crippen LogP contribution is -2.44. The zero-order chi connectivity index (χ0) is 13.4. The molecule has 2 aliphatic rings. The summed E-state index contributed by atoms with van der Waals surface area (Å²) in [5, 5.41) is 14.7. The summed E-state index contributed by atoms with van der Waals surface area (Å²) in [5.41, 5.74) is 0. The van der Waals surface area contributed by atoms with Gasteiger partial charge in [-0.25, -0.2) is 0 Å². The van der Waals surface area contributed by atoms with E-state index in [9.17, 15) is 14.7 Å². The number of rotatable bonds is 4. The van der Waals surface area contributed by atoms with E-state index in [4.69, 9.17) is 4.74 Å². The van der Waals surface area contributed by atoms with Crippen molar-refractivity contribution in [3.05, 3.63) is 0 Å². The maximum absolute atomic E-state index is 10.3. The highest BCUT2D eigenvalue weighted by Gasteiger charge is 2.21. The Morgan fingerprint density at radius 2 is 2.17 bits per heavy atom. The van der Waals surface area contributed by atoms with E-state index in [-0.39, 0.29) is 12.1 Å². The van der Waals surface area contributed by atoms with Gasteiger partial charge in [0.2, 0.25) is 6.29 Å². The average Bonchev–Trinajstić information content (AvgIpc) is 3.21. The molecule has 1 amide bonds. The number of nitrogens with one attached hydrogen (secondary N) is 2. The molecule has 2 rings (SSSR count). The lowest BCUT2D eigenvalue weighted by atomic mass is 10.1. The predicted molar refractivity (Wildman–Crippen MR) is 66.1 cm³/mol. The van der Waals surface area contributed by atoms with E-state index >= 15 is 0 Å². The smallest absolute Gasteiger partial charge is 0.284 e. The van der Waals surface area contributed by atoms with Gasteiger partial charge in [0.15, 0.2) is 0 Å². The van der Waals surface area contributed by atoms with Gasteiger partial charge in [-0.1, -0.05) is 0 Å². The molecule has 0 aromatic carbocycles. The van der Waals surface area contributed by atoms with Gasteiger partial charge in [-0.2, -0.15) is 0 Å². The highest BCUT2D eigenvalue weighted by atomic mass is 16.5. The van der Waals surface area contributed by atoms with Crippen molar-refractivity contribution in [1.82, 2.24) is 10.6 Å². The zero-order valence-corrected chi connectivity index (χ0v) is 10.7. The van der Waals surface area contributed by atoms with Crippen molar-refractivity contribution in [2.24, 2.45) is 5.92 Å². The monoisotopic (exact) mass is 258 g/mol. The molecule has 18 heavy (non-hydrogen) atoms. The van der Waals surface area contributed by atoms with Crippen LogP contribution in [0.5, 0.6) is 0 Å². The minimum absolute atomic E-state index is 0.235. The lowest BCUT2D eigenvalue weighted by Gasteiger charge is -2.26. The Hall–Kier alpha value is -0.980. The molecule has 1 saturated carbocycles. The first-order chi connectivity index (χ1) is 8.67. The number of ether oxygens (including phenoxy) is 1. The van der Waals surface area contributed by atoms with Crippen LogP contribution in [0.1, 0.15) is 19.3 Å². The Bertz CT molecular complexity index is 269. The SMILES string of the molecule is CNC1CCOCC1O.O=CC(=O)NCC1CC1. The van der Waals surface area contributed by atoms with Crippen molar-refractivity contribution in [3.8, 4) is 0 Å². The van der Waals surface area contributed by atoms with Gasteiger partial charge in [0, 0.05) is 19.2 Å². The largest absolute Gasteiger partial charge is 0.389 e. The van der Waals surface area contributed by atoms with Gasteiger partial charge in [-0.15, -0.1) is 0 Å². The molecule has 0 bridgehead atoms. The van der Waals surface area contributed by atoms with Crippen LogP contribution in [-0.2, 0) is 14.3 Å². The van der Waals surface area contributed by atoms with E-state index < -0.39 is 5.91 Å². The van der Waals surface area contributed by atoms with Crippen LogP contribution in [0.25, 0.3) is 0 Å². The Labute approximate surface area is 107 Å². The minimum Gasteiger partial charge on any atom is -0.389 e. The van der Waals surface area contributed by atoms with E-state index in [1.807, 2.05) is 7.05 Å². The molecule has 1 aliphatic heterocycles. The van der Waals surface area contributed by atoms with Crippen LogP contribution in [0.15, 0.2) is 0 Å². The molecule has 0 aromatic rings. The molecule has 2 atom stereocenters. The Morgan fingerprint density at radius 1 is 1.44 bits per heavy atom. The van der Waals surface area contributed by atoms with Gasteiger partial charge in [0.05, 0.1) is 12.7 Å². The number of aliphatic hydroxyl groups is 1. The van der Waals surface area contributed by atoms with E-state index in [1.54, 1.807) is 0 Å². The number of likely N-dealkylation sites (N-methyl/N-ethyl adjacent to an activating group) is 1. The van der Waals surface area contributed by atoms with E-state index in [0.29, 0.717) is 25.4 Å². The molecule has 6 nitrogen and oxygen atoms in total. The molecule has 0 spiro atoms. The maximum Gasteiger partial charge on any atom is 0.284 e. The number of hydrogen-bond donors (Lipinski definition) is 3. The van der Waals surface area contributed by atoms with Gasteiger partial charge >= 0.3 is 0 Å². The fraction of sp³-hybridized carbons (Fsp3) is 0.833. The summed E-state index contributed by atoms with van der Waals surface area (Å²) in [4.78, 5) is 20.0. The second-order valence-corrected chi connectivity index (χ2v) is 4.63. The van der Waals surface area contributed by atoms with E-state index in [1.165, 1.54) is 12.8 Å². The highest BCUT2D eigenvalue weighted by Crippen LogP contribution is 2.27. The molecule has 2 unspecified atom stereocenters. The van der Waals surface area contributed by atoms with Crippen LogP contribution in [0.2, 0.25) is 0 Å². The number of hydrogen-bond acceptors (Lipinski definition) is 5. The molecule has 1 aliphatic carbocycles. The molecular weight excluding hydrogens is 236 g/mol. The van der Waals surface area contributed by atoms with Crippen LogP contribution in [0.3, 0.4) is 0 Å². The molecule has 1 saturated heterocycles. The molecule has 2 fully saturated rings. The molecule has 0 radical (unpaired) electrons. The zero-order valence-electron chi connectivity index (χ0n) is 10.7. The van der Waals surface area contributed by atoms with Gasteiger partial charge < -0.3 is 20.5 Å². The number of aldehydes is 1. The predicted octanol–water partition coefficient (Wildman–Crippen LogP) is -0.933. The first-order valence-electron chi connectivity index (χ1n) is 6.33. The third kappa shape index (κ3) is 6.09. The third-order valence-corrected chi connectivity index (χ3v) is 3.07. The minimum atomic E-state index is -0.498. The molecule has 3 N–H and O–H groups in total. The second-order valence-electron chi connectivity index (χ2n) is 4.63. The average molecular weight is 258 g/mol. The van der Waals surface area contributed by atoms with Crippen molar-refractivity contribution in [3.63, 3.8) is 0 Å². The molecule has 6 heteroatoms. The summed E-state index contributed by atoms with van der Waals surface area (Å²) in [6, 6.07) is 0.235. The first kappa shape index (κ1) is 15.1. The highest BCUT2D eigenvalue weighted by molar-refractivity contribution is 6.23. The topological polar surface area (TPSA) is 87.7 Å². The van der Waals surface area contributed by atoms with Crippen molar-refractivity contribution >= 4 is 12.2 Å². The van der Waals surface area contributed by atoms with Crippen molar-refractivity contribution in [2.75, 3.05) is 26.8 Å². The van der Waals surface area contributed by atoms with Gasteiger partial charge in [-0.05, 0) is 32.2 Å². The van der Waals surface area contributed by atoms with Gasteiger partial charge in [0.1, 0.15) is 0 Å². The fourth-order valence-electron chi connectivity index (χ4n) is 1.67. The van der Waals surface area contributed by atoms with Crippen LogP contribution < -0.4 is 10.6 Å². The first-order valence-corrected chi connectivity index (χ1v) is 6.33. The second kappa shape index (κ2) is 8.18. The molecule has 1 heterocycles. The number of carbonyl (C=O) groups is 2. The van der Waals surface area contributed by atoms with Crippen LogP contribution >= 0.6 is 0 Å². The quantitative estimate of drug-likeness (QED) is 0.448. The summed E-state index contributed by atoms with van der Waals surface area (Å²) in [5.74, 6) is 0.149. The van der Waals surface area contributed by atoms with Crippen LogP contribution in [0.4, 0.5) is 0 Å². The van der Waals surface area contributed by atoms with Crippen molar-refractivity contribution in [2.45, 2.75) is 31.4 Å². The summed E-state index contributed by atoms with van der Waals surface area (Å²) in [7, 11) is 1.86. The summed E-state index contributed by atoms with van der Waals surface area (Å²) in [6.07, 6.45) is 3.29. The number of carbonyl (C=O) groups excluding carboxylic acids is 2. The summed E-state index contributed by atoms with van der Waals surface area (Å²) in [6.45, 7) is 1.92. The Balaban J connectivity index is 0.000000180. The maximum atomic E-state index is 10.3. The van der Waals surface area contributed by atoms with Crippen molar-refractivity contribution in [1.29, 1.82) is 0 Å². The summed E-state index contributed by atoms with van der Waals surface area (Å²) < 4.78 is 5.02. The van der Waals surface area contributed by atoms with Gasteiger partial charge in [0.25, 0.3) is 5.91 Å². The van der Waals surface area contributed by atoms with Gasteiger partial charge in [-0.3, -0.25) is 9.59 Å².